The largest absolute Gasteiger partial charge is 0.491 e. The normalized spacial score (nSPS) is 25.9. The summed E-state index contributed by atoms with van der Waals surface area (Å²) in [6.07, 6.45) is 17.3. The van der Waals surface area contributed by atoms with Crippen LogP contribution in [0.3, 0.4) is 0 Å². The predicted molar refractivity (Wildman–Crippen MR) is 162 cm³/mol. The topological polar surface area (TPSA) is 39.8 Å². The number of likely N-dealkylation sites (N-methyl/N-ethyl adjacent to an activating group) is 1. The molecule has 5 nitrogen and oxygen atoms in total. The van der Waals surface area contributed by atoms with E-state index in [1.165, 1.54) is 11.6 Å². The first kappa shape index (κ1) is 33.9. The monoisotopic (exact) mass is 530 g/mol. The van der Waals surface area contributed by atoms with Gasteiger partial charge in [-0.25, -0.2) is 4.39 Å². The van der Waals surface area contributed by atoms with Crippen LogP contribution in [0.2, 0.25) is 0 Å². The zero-order valence-electron chi connectivity index (χ0n) is 25.6. The maximum absolute atomic E-state index is 12.8. The lowest BCUT2D eigenvalue weighted by atomic mass is 9.80. The Balaban J connectivity index is 0.000000432. The Morgan fingerprint density at radius 1 is 1.34 bits per heavy atom. The van der Waals surface area contributed by atoms with E-state index in [1.54, 1.807) is 6.08 Å². The molecule has 2 aliphatic heterocycles. The molecule has 0 aromatic heterocycles. The number of likely N-dealkylation sites (tertiary alicyclic amines) is 1. The second kappa shape index (κ2) is 17.4. The lowest BCUT2D eigenvalue weighted by molar-refractivity contribution is 0.0270. The van der Waals surface area contributed by atoms with E-state index < -0.39 is 5.83 Å². The van der Waals surface area contributed by atoms with Crippen molar-refractivity contribution in [1.82, 2.24) is 20.4 Å². The molecule has 3 rings (SSSR count). The van der Waals surface area contributed by atoms with Crippen LogP contribution >= 0.6 is 0 Å². The molecule has 0 amide bonds. The van der Waals surface area contributed by atoms with Crippen LogP contribution in [0.5, 0.6) is 0 Å². The number of nitrogens with one attached hydrogen (secondary N) is 2. The number of piperidine rings is 1. The van der Waals surface area contributed by atoms with E-state index in [1.807, 2.05) is 33.8 Å². The van der Waals surface area contributed by atoms with Gasteiger partial charge in [0.15, 0.2) is 0 Å². The maximum Gasteiger partial charge on any atom is 0.116 e. The highest BCUT2D eigenvalue weighted by molar-refractivity contribution is 5.29. The Morgan fingerprint density at radius 3 is 2.63 bits per heavy atom. The number of rotatable bonds is 8. The molecular weight excluding hydrogens is 475 g/mol. The average molecular weight is 531 g/mol. The summed E-state index contributed by atoms with van der Waals surface area (Å²) in [7, 11) is 0. The van der Waals surface area contributed by atoms with Gasteiger partial charge in [0.25, 0.3) is 0 Å². The third-order valence-corrected chi connectivity index (χ3v) is 7.06. The SMILES string of the molecule is C=C(F)/C=C\C=C(/C)N1CNC(NCC)C12CCN(CC)C(C)C2.CC.CC1=CC(OC(C)C)=CCC=C1. The molecule has 2 saturated heterocycles. The van der Waals surface area contributed by atoms with Crippen molar-refractivity contribution in [1.29, 1.82) is 0 Å². The summed E-state index contributed by atoms with van der Waals surface area (Å²) in [5.74, 6) is 0.580. The van der Waals surface area contributed by atoms with Crippen LogP contribution in [-0.4, -0.2) is 60.0 Å². The fourth-order valence-electron chi connectivity index (χ4n) is 5.41. The number of hydrogen-bond donors (Lipinski definition) is 2. The van der Waals surface area contributed by atoms with Crippen molar-refractivity contribution in [3.05, 3.63) is 72.0 Å². The number of nitrogens with zero attached hydrogens (tertiary/aromatic N) is 2. The second-order valence-electron chi connectivity index (χ2n) is 10.2. The molecule has 3 unspecified atom stereocenters. The van der Waals surface area contributed by atoms with Crippen molar-refractivity contribution in [2.24, 2.45) is 0 Å². The lowest BCUT2D eigenvalue weighted by Crippen LogP contribution is -2.63. The number of ether oxygens (including phenoxy) is 1. The van der Waals surface area contributed by atoms with E-state index in [2.05, 4.69) is 85.9 Å². The van der Waals surface area contributed by atoms with Gasteiger partial charge in [-0.3, -0.25) is 5.32 Å². The van der Waals surface area contributed by atoms with Crippen molar-refractivity contribution >= 4 is 0 Å². The maximum atomic E-state index is 12.8. The Morgan fingerprint density at radius 2 is 2.05 bits per heavy atom. The van der Waals surface area contributed by atoms with Crippen LogP contribution in [0.25, 0.3) is 0 Å². The molecule has 216 valence electrons. The van der Waals surface area contributed by atoms with Gasteiger partial charge in [0.2, 0.25) is 0 Å². The van der Waals surface area contributed by atoms with E-state index in [9.17, 15) is 4.39 Å². The number of allylic oxidation sites excluding steroid dienone is 10. The first-order chi connectivity index (χ1) is 18.1. The molecule has 2 heterocycles. The first-order valence-corrected chi connectivity index (χ1v) is 14.5. The van der Waals surface area contributed by atoms with Gasteiger partial charge in [0.05, 0.1) is 24.5 Å². The van der Waals surface area contributed by atoms with Crippen LogP contribution < -0.4 is 10.6 Å². The van der Waals surface area contributed by atoms with Crippen LogP contribution in [0.1, 0.15) is 81.6 Å². The minimum Gasteiger partial charge on any atom is -0.491 e. The molecule has 0 saturated carbocycles. The Labute approximate surface area is 233 Å². The molecule has 6 heteroatoms. The molecule has 3 aliphatic rings. The zero-order chi connectivity index (χ0) is 28.7. The summed E-state index contributed by atoms with van der Waals surface area (Å²) in [6, 6.07) is 0.557. The molecule has 2 fully saturated rings. The Hall–Kier alpha value is -2.15. The van der Waals surface area contributed by atoms with Crippen LogP contribution in [0, 0.1) is 0 Å². The van der Waals surface area contributed by atoms with Crippen LogP contribution in [0.15, 0.2) is 72.0 Å². The van der Waals surface area contributed by atoms with Crippen LogP contribution in [-0.2, 0) is 4.74 Å². The summed E-state index contributed by atoms with van der Waals surface area (Å²) in [5, 5.41) is 7.27. The highest BCUT2D eigenvalue weighted by Crippen LogP contribution is 2.39. The molecule has 0 radical (unpaired) electrons. The summed E-state index contributed by atoms with van der Waals surface area (Å²) in [4.78, 5) is 5.02. The fraction of sp³-hybridized carbons (Fsp3) is 0.625. The van der Waals surface area contributed by atoms with E-state index in [0.717, 1.165) is 57.0 Å². The summed E-state index contributed by atoms with van der Waals surface area (Å²) in [6.45, 7) is 26.3. The minimum absolute atomic E-state index is 0.0717. The minimum atomic E-state index is -0.413. The second-order valence-corrected chi connectivity index (χ2v) is 10.2. The van der Waals surface area contributed by atoms with Crippen LogP contribution in [0.4, 0.5) is 4.39 Å². The number of halogens is 1. The number of hydrogen-bond acceptors (Lipinski definition) is 5. The van der Waals surface area contributed by atoms with E-state index in [-0.39, 0.29) is 17.8 Å². The molecular formula is C32H55FN4O. The van der Waals surface area contributed by atoms with Gasteiger partial charge >= 0.3 is 0 Å². The van der Waals surface area contributed by atoms with Gasteiger partial charge in [-0.2, -0.15) is 0 Å². The fourth-order valence-corrected chi connectivity index (χ4v) is 5.41. The summed E-state index contributed by atoms with van der Waals surface area (Å²) < 4.78 is 18.4. The van der Waals surface area contributed by atoms with Gasteiger partial charge in [-0.05, 0) is 96.8 Å². The molecule has 1 aliphatic carbocycles. The van der Waals surface area contributed by atoms with Gasteiger partial charge in [0, 0.05) is 18.3 Å². The zero-order valence-corrected chi connectivity index (χ0v) is 25.6. The molecule has 1 spiro atoms. The van der Waals surface area contributed by atoms with Gasteiger partial charge in [0.1, 0.15) is 11.6 Å². The third-order valence-electron chi connectivity index (χ3n) is 7.06. The highest BCUT2D eigenvalue weighted by atomic mass is 19.1. The van der Waals surface area contributed by atoms with Crippen molar-refractivity contribution in [2.45, 2.75) is 105 Å². The Kier molecular flexibility index (Phi) is 15.5. The smallest absolute Gasteiger partial charge is 0.116 e. The molecule has 0 aromatic rings. The van der Waals surface area contributed by atoms with Crippen molar-refractivity contribution < 1.29 is 9.13 Å². The average Bonchev–Trinajstić information content (AvgIpc) is 3.05. The van der Waals surface area contributed by atoms with E-state index >= 15 is 0 Å². The quantitative estimate of drug-likeness (QED) is 0.325. The van der Waals surface area contributed by atoms with Gasteiger partial charge in [-0.15, -0.1) is 0 Å². The summed E-state index contributed by atoms with van der Waals surface area (Å²) >= 11 is 0. The standard InChI is InChI=1S/C19H33FN4.C11H16O.C2H6/c1-6-21-18-19(11-12-23(7-2)17(5)13-19)24(14-22-18)16(4)10-8-9-15(3)20;1-9(2)12-11-7-5-4-6-10(3)8-11;1-2/h8-10,17-18,21-22H,3,6-7,11-14H2,1-2,4-5H3;4,6-9H,5H2,1-3H3;1-2H3/b9-8-,16-10+;;. The third kappa shape index (κ3) is 10.2. The predicted octanol–water partition coefficient (Wildman–Crippen LogP) is 7.20. The van der Waals surface area contributed by atoms with E-state index in [0.29, 0.717) is 6.04 Å². The molecule has 38 heavy (non-hydrogen) atoms. The summed E-state index contributed by atoms with van der Waals surface area (Å²) in [5.41, 5.74) is 2.49. The molecule has 0 aromatic carbocycles. The molecule has 0 bridgehead atoms. The Bertz CT molecular complexity index is 873. The molecule has 2 N–H and O–H groups in total. The first-order valence-electron chi connectivity index (χ1n) is 14.5. The van der Waals surface area contributed by atoms with E-state index in [4.69, 9.17) is 4.74 Å². The van der Waals surface area contributed by atoms with Crippen molar-refractivity contribution in [3.8, 4) is 0 Å². The highest BCUT2D eigenvalue weighted by Gasteiger charge is 2.51. The van der Waals surface area contributed by atoms with Gasteiger partial charge in [-0.1, -0.05) is 52.5 Å². The molecule has 3 atom stereocenters. The lowest BCUT2D eigenvalue weighted by Gasteiger charge is -2.51. The van der Waals surface area contributed by atoms with Gasteiger partial charge < -0.3 is 19.9 Å². The van der Waals surface area contributed by atoms with Crippen molar-refractivity contribution in [3.63, 3.8) is 0 Å². The van der Waals surface area contributed by atoms with Crippen molar-refractivity contribution in [2.75, 3.05) is 26.3 Å².